The summed E-state index contributed by atoms with van der Waals surface area (Å²) in [7, 11) is 0. The number of anilines is 1. The lowest BCUT2D eigenvalue weighted by atomic mass is 10.2. The molecule has 3 nitrogen and oxygen atoms in total. The van der Waals surface area contributed by atoms with Crippen LogP contribution < -0.4 is 5.32 Å². The number of rotatable bonds is 7. The second-order valence-electron chi connectivity index (χ2n) is 4.93. The van der Waals surface area contributed by atoms with Crippen LogP contribution in [0.5, 0.6) is 0 Å². The van der Waals surface area contributed by atoms with Crippen molar-refractivity contribution in [2.45, 2.75) is 12.3 Å². The Morgan fingerprint density at radius 2 is 2.09 bits per heavy atom. The number of aromatic nitrogens is 1. The van der Waals surface area contributed by atoms with Crippen LogP contribution in [-0.4, -0.2) is 22.5 Å². The Bertz CT molecular complexity index is 709. The summed E-state index contributed by atoms with van der Waals surface area (Å²) in [5, 5.41) is 13.5. The van der Waals surface area contributed by atoms with E-state index in [0.29, 0.717) is 0 Å². The fraction of sp³-hybridized carbons (Fsp3) is 0.235. The third-order valence-electron chi connectivity index (χ3n) is 3.25. The second kappa shape index (κ2) is 7.63. The predicted molar refractivity (Wildman–Crippen MR) is 96.6 cm³/mol. The maximum absolute atomic E-state index is 8.82. The van der Waals surface area contributed by atoms with Crippen molar-refractivity contribution in [1.29, 1.82) is 0 Å². The number of hydrogen-bond donors (Lipinski definition) is 2. The van der Waals surface area contributed by atoms with Gasteiger partial charge >= 0.3 is 0 Å². The van der Waals surface area contributed by atoms with Crippen LogP contribution in [0.4, 0.5) is 5.82 Å². The van der Waals surface area contributed by atoms with Crippen LogP contribution in [0.15, 0.2) is 48.7 Å². The Hall–Kier alpha value is -1.56. The molecule has 0 atom stereocenters. The molecule has 0 spiro atoms. The van der Waals surface area contributed by atoms with Crippen LogP contribution in [0.3, 0.4) is 0 Å². The summed E-state index contributed by atoms with van der Waals surface area (Å²) >= 11 is 3.54. The van der Waals surface area contributed by atoms with Gasteiger partial charge < -0.3 is 10.4 Å². The molecular weight excluding hydrogens is 312 g/mol. The number of aliphatic hydroxyl groups excluding tert-OH is 1. The minimum atomic E-state index is 0.229. The Kier molecular flexibility index (Phi) is 5.32. The first-order valence-corrected chi connectivity index (χ1v) is 9.17. The molecule has 1 aromatic carbocycles. The zero-order chi connectivity index (χ0) is 15.2. The standard InChI is InChI=1S/C17H18N2OS2/c20-7-8-21-12-13-5-6-18-17(9-13)19-11-15-10-14-3-1-2-4-16(14)22-15/h1-6,9-10,20H,7-8,11-12H2,(H,18,19). The van der Waals surface area contributed by atoms with E-state index in [0.717, 1.165) is 23.9 Å². The van der Waals surface area contributed by atoms with Crippen LogP contribution in [0, 0.1) is 0 Å². The first-order valence-electron chi connectivity index (χ1n) is 7.20. The number of thioether (sulfide) groups is 1. The Morgan fingerprint density at radius 1 is 1.18 bits per heavy atom. The summed E-state index contributed by atoms with van der Waals surface area (Å²) in [4.78, 5) is 5.68. The maximum Gasteiger partial charge on any atom is 0.126 e. The summed E-state index contributed by atoms with van der Waals surface area (Å²) in [6, 6.07) is 14.8. The van der Waals surface area contributed by atoms with E-state index in [2.05, 4.69) is 46.7 Å². The van der Waals surface area contributed by atoms with Gasteiger partial charge in [0.25, 0.3) is 0 Å². The lowest BCUT2D eigenvalue weighted by Crippen LogP contribution is -2.00. The van der Waals surface area contributed by atoms with Crippen molar-refractivity contribution in [2.75, 3.05) is 17.7 Å². The van der Waals surface area contributed by atoms with Gasteiger partial charge in [0.2, 0.25) is 0 Å². The van der Waals surface area contributed by atoms with Gasteiger partial charge in [0.1, 0.15) is 5.82 Å². The van der Waals surface area contributed by atoms with Gasteiger partial charge in [-0.05, 0) is 35.2 Å². The Balaban J connectivity index is 1.62. The molecule has 0 saturated carbocycles. The van der Waals surface area contributed by atoms with Gasteiger partial charge in [-0.1, -0.05) is 18.2 Å². The van der Waals surface area contributed by atoms with E-state index in [4.69, 9.17) is 5.11 Å². The summed E-state index contributed by atoms with van der Waals surface area (Å²) in [6.07, 6.45) is 1.84. The van der Waals surface area contributed by atoms with Crippen molar-refractivity contribution >= 4 is 39.0 Å². The molecule has 0 aliphatic heterocycles. The molecule has 2 heterocycles. The molecule has 3 aromatic rings. The van der Waals surface area contributed by atoms with Gasteiger partial charge in [0.05, 0.1) is 13.2 Å². The molecule has 0 aliphatic carbocycles. The smallest absolute Gasteiger partial charge is 0.126 e. The lowest BCUT2D eigenvalue weighted by Gasteiger charge is -2.06. The molecule has 114 valence electrons. The van der Waals surface area contributed by atoms with Crippen LogP contribution in [0.25, 0.3) is 10.1 Å². The van der Waals surface area contributed by atoms with E-state index in [1.807, 2.05) is 23.6 Å². The number of pyridine rings is 1. The largest absolute Gasteiger partial charge is 0.396 e. The van der Waals surface area contributed by atoms with Crippen molar-refractivity contribution in [2.24, 2.45) is 0 Å². The quantitative estimate of drug-likeness (QED) is 0.639. The molecular formula is C17H18N2OS2. The average molecular weight is 330 g/mol. The van der Waals surface area contributed by atoms with Crippen LogP contribution in [0.2, 0.25) is 0 Å². The molecule has 0 saturated heterocycles. The topological polar surface area (TPSA) is 45.2 Å². The lowest BCUT2D eigenvalue weighted by molar-refractivity contribution is 0.322. The number of hydrogen-bond acceptors (Lipinski definition) is 5. The van der Waals surface area contributed by atoms with E-state index in [1.54, 1.807) is 11.8 Å². The molecule has 5 heteroatoms. The van der Waals surface area contributed by atoms with Gasteiger partial charge in [0, 0.05) is 27.3 Å². The second-order valence-corrected chi connectivity index (χ2v) is 7.20. The highest BCUT2D eigenvalue weighted by Crippen LogP contribution is 2.25. The SMILES string of the molecule is OCCSCc1ccnc(NCc2cc3ccccc3s2)c1. The highest BCUT2D eigenvalue weighted by molar-refractivity contribution is 7.98. The van der Waals surface area contributed by atoms with Gasteiger partial charge in [-0.15, -0.1) is 11.3 Å². The van der Waals surface area contributed by atoms with Gasteiger partial charge in [-0.3, -0.25) is 0 Å². The molecule has 0 bridgehead atoms. The zero-order valence-corrected chi connectivity index (χ0v) is 13.8. The number of fused-ring (bicyclic) bond motifs is 1. The van der Waals surface area contributed by atoms with E-state index in [9.17, 15) is 0 Å². The van der Waals surface area contributed by atoms with Crippen LogP contribution in [0.1, 0.15) is 10.4 Å². The van der Waals surface area contributed by atoms with Gasteiger partial charge in [-0.2, -0.15) is 11.8 Å². The Labute approximate surface area is 138 Å². The first kappa shape index (κ1) is 15.3. The van der Waals surface area contributed by atoms with Crippen molar-refractivity contribution in [1.82, 2.24) is 4.98 Å². The summed E-state index contributed by atoms with van der Waals surface area (Å²) in [5.41, 5.74) is 1.23. The van der Waals surface area contributed by atoms with E-state index in [1.165, 1.54) is 20.5 Å². The first-order chi connectivity index (χ1) is 10.8. The van der Waals surface area contributed by atoms with Crippen molar-refractivity contribution in [3.63, 3.8) is 0 Å². The summed E-state index contributed by atoms with van der Waals surface area (Å²) in [5.74, 6) is 2.58. The Morgan fingerprint density at radius 3 is 2.95 bits per heavy atom. The average Bonchev–Trinajstić information content (AvgIpc) is 2.97. The number of nitrogens with zero attached hydrogens (tertiary/aromatic N) is 1. The van der Waals surface area contributed by atoms with Crippen LogP contribution in [-0.2, 0) is 12.3 Å². The minimum Gasteiger partial charge on any atom is -0.396 e. The monoisotopic (exact) mass is 330 g/mol. The molecule has 0 amide bonds. The van der Waals surface area contributed by atoms with E-state index >= 15 is 0 Å². The number of nitrogens with one attached hydrogen (secondary N) is 1. The normalized spacial score (nSPS) is 11.0. The number of benzene rings is 1. The molecule has 22 heavy (non-hydrogen) atoms. The number of aliphatic hydroxyl groups is 1. The van der Waals surface area contributed by atoms with E-state index < -0.39 is 0 Å². The summed E-state index contributed by atoms with van der Waals surface area (Å²) < 4.78 is 1.32. The molecule has 0 aliphatic rings. The minimum absolute atomic E-state index is 0.229. The predicted octanol–water partition coefficient (Wildman–Crippen LogP) is 4.13. The highest BCUT2D eigenvalue weighted by atomic mass is 32.2. The molecule has 0 fully saturated rings. The molecule has 0 unspecified atom stereocenters. The van der Waals surface area contributed by atoms with Crippen LogP contribution >= 0.6 is 23.1 Å². The summed E-state index contributed by atoms with van der Waals surface area (Å²) in [6.45, 7) is 1.02. The fourth-order valence-electron chi connectivity index (χ4n) is 2.22. The maximum atomic E-state index is 8.82. The molecule has 2 aromatic heterocycles. The third kappa shape index (κ3) is 4.00. The number of thiophene rings is 1. The van der Waals surface area contributed by atoms with Gasteiger partial charge in [-0.25, -0.2) is 4.98 Å². The van der Waals surface area contributed by atoms with Crippen molar-refractivity contribution < 1.29 is 5.11 Å². The van der Waals surface area contributed by atoms with E-state index in [-0.39, 0.29) is 6.61 Å². The highest BCUT2D eigenvalue weighted by Gasteiger charge is 2.02. The zero-order valence-electron chi connectivity index (χ0n) is 12.2. The van der Waals surface area contributed by atoms with Gasteiger partial charge in [0.15, 0.2) is 0 Å². The van der Waals surface area contributed by atoms with Crippen molar-refractivity contribution in [3.05, 3.63) is 59.1 Å². The fourth-order valence-corrected chi connectivity index (χ4v) is 3.91. The molecule has 2 N–H and O–H groups in total. The third-order valence-corrected chi connectivity index (χ3v) is 5.37. The molecule has 3 rings (SSSR count). The van der Waals surface area contributed by atoms with Crippen molar-refractivity contribution in [3.8, 4) is 0 Å². The molecule has 0 radical (unpaired) electrons.